The largest absolute Gasteiger partial charge is 0.465 e. The monoisotopic (exact) mass is 342 g/mol. The molecule has 1 saturated heterocycles. The van der Waals surface area contributed by atoms with E-state index in [1.54, 1.807) is 6.20 Å². The van der Waals surface area contributed by atoms with Crippen LogP contribution >= 0.6 is 11.3 Å². The molecule has 1 aliphatic heterocycles. The van der Waals surface area contributed by atoms with Crippen LogP contribution in [-0.4, -0.2) is 36.9 Å². The summed E-state index contributed by atoms with van der Waals surface area (Å²) in [5.74, 6) is -0.503. The van der Waals surface area contributed by atoms with Crippen LogP contribution in [0, 0.1) is 5.82 Å². The first-order valence-corrected chi connectivity index (χ1v) is 9.30. The number of hydrogen-bond donors (Lipinski definition) is 0. The third-order valence-corrected chi connectivity index (χ3v) is 5.92. The van der Waals surface area contributed by atoms with Crippen molar-refractivity contribution in [2.45, 2.75) is 18.3 Å². The third kappa shape index (κ3) is 3.63. The Bertz CT molecular complexity index is 717. The minimum absolute atomic E-state index is 0.128. The van der Waals surface area contributed by atoms with E-state index in [1.165, 1.54) is 39.9 Å². The Hall–Kier alpha value is -1.51. The minimum Gasteiger partial charge on any atom is -0.465 e. The lowest BCUT2D eigenvalue weighted by atomic mass is 10.2. The Morgan fingerprint density at radius 2 is 2.14 bits per heavy atom. The Morgan fingerprint density at radius 1 is 1.36 bits per heavy atom. The fourth-order valence-corrected chi connectivity index (χ4v) is 4.46. The molecule has 0 saturated carbocycles. The van der Waals surface area contributed by atoms with Crippen LogP contribution in [0.15, 0.2) is 35.8 Å². The van der Waals surface area contributed by atoms with E-state index in [4.69, 9.17) is 4.74 Å². The van der Waals surface area contributed by atoms with Gasteiger partial charge in [0.25, 0.3) is 5.19 Å². The van der Waals surface area contributed by atoms with E-state index in [1.807, 2.05) is 5.38 Å². The first-order chi connectivity index (χ1) is 10.5. The van der Waals surface area contributed by atoms with Crippen molar-refractivity contribution in [1.82, 2.24) is 9.29 Å². The van der Waals surface area contributed by atoms with Gasteiger partial charge in [-0.2, -0.15) is 4.31 Å². The standard InChI is InChI=1S/C14H15FN2O3S2/c15-12-3-1-11(2-4-12)10-22(18,19)17-7-5-13(9-17)20-14-16-6-8-21-14/h1-4,6,8,13H,5,7,9-10H2. The summed E-state index contributed by atoms with van der Waals surface area (Å²) in [7, 11) is -3.42. The number of aromatic nitrogens is 1. The maximum Gasteiger partial charge on any atom is 0.273 e. The maximum atomic E-state index is 12.9. The maximum absolute atomic E-state index is 12.9. The third-order valence-electron chi connectivity index (χ3n) is 3.44. The summed E-state index contributed by atoms with van der Waals surface area (Å²) in [5, 5.41) is 2.37. The molecule has 2 aromatic rings. The summed E-state index contributed by atoms with van der Waals surface area (Å²) in [6, 6.07) is 5.52. The van der Waals surface area contributed by atoms with Crippen LogP contribution in [0.25, 0.3) is 0 Å². The van der Waals surface area contributed by atoms with Gasteiger partial charge in [-0.15, -0.1) is 0 Å². The predicted octanol–water partition coefficient (Wildman–Crippen LogP) is 2.27. The van der Waals surface area contributed by atoms with Crippen LogP contribution < -0.4 is 4.74 Å². The van der Waals surface area contributed by atoms with E-state index in [0.717, 1.165) is 0 Å². The van der Waals surface area contributed by atoms with Crippen molar-refractivity contribution in [3.8, 4) is 5.19 Å². The highest BCUT2D eigenvalue weighted by molar-refractivity contribution is 7.88. The van der Waals surface area contributed by atoms with Crippen LogP contribution in [-0.2, 0) is 15.8 Å². The second-order valence-corrected chi connectivity index (χ2v) is 7.89. The quantitative estimate of drug-likeness (QED) is 0.836. The molecular formula is C14H15FN2O3S2. The smallest absolute Gasteiger partial charge is 0.273 e. The summed E-state index contributed by atoms with van der Waals surface area (Å²) >= 11 is 1.39. The molecule has 1 aromatic carbocycles. The number of hydrogen-bond acceptors (Lipinski definition) is 5. The van der Waals surface area contributed by atoms with Crippen molar-refractivity contribution >= 4 is 21.4 Å². The molecule has 1 aliphatic rings. The highest BCUT2D eigenvalue weighted by Crippen LogP contribution is 2.23. The Labute approximate surface area is 132 Å². The number of thiazole rings is 1. The summed E-state index contributed by atoms with van der Waals surface area (Å²) in [6.45, 7) is 0.753. The zero-order valence-corrected chi connectivity index (χ0v) is 13.3. The lowest BCUT2D eigenvalue weighted by Crippen LogP contribution is -2.32. The molecule has 0 N–H and O–H groups in total. The molecule has 1 unspecified atom stereocenters. The first-order valence-electron chi connectivity index (χ1n) is 6.81. The van der Waals surface area contributed by atoms with E-state index in [2.05, 4.69) is 4.98 Å². The molecule has 0 radical (unpaired) electrons. The van der Waals surface area contributed by atoms with Crippen molar-refractivity contribution in [3.63, 3.8) is 0 Å². The van der Waals surface area contributed by atoms with Gasteiger partial charge in [0, 0.05) is 18.1 Å². The van der Waals surface area contributed by atoms with Crippen LogP contribution in [0.4, 0.5) is 4.39 Å². The van der Waals surface area contributed by atoms with Crippen molar-refractivity contribution < 1.29 is 17.5 Å². The normalized spacial score (nSPS) is 19.4. The van der Waals surface area contributed by atoms with Gasteiger partial charge >= 0.3 is 0 Å². The van der Waals surface area contributed by atoms with E-state index < -0.39 is 10.0 Å². The van der Waals surface area contributed by atoms with Crippen LogP contribution in [0.1, 0.15) is 12.0 Å². The molecule has 5 nitrogen and oxygen atoms in total. The number of rotatable bonds is 5. The van der Waals surface area contributed by atoms with Gasteiger partial charge in [-0.3, -0.25) is 0 Å². The molecule has 2 heterocycles. The van der Waals surface area contributed by atoms with Crippen molar-refractivity contribution in [2.75, 3.05) is 13.1 Å². The predicted molar refractivity (Wildman–Crippen MR) is 81.7 cm³/mol. The average molecular weight is 342 g/mol. The lowest BCUT2D eigenvalue weighted by molar-refractivity contribution is 0.214. The SMILES string of the molecule is O=S(=O)(Cc1ccc(F)cc1)N1CCC(Oc2nccs2)C1. The molecule has 3 rings (SSSR count). The number of ether oxygens (including phenoxy) is 1. The van der Waals surface area contributed by atoms with Crippen molar-refractivity contribution in [2.24, 2.45) is 0 Å². The molecule has 0 aliphatic carbocycles. The van der Waals surface area contributed by atoms with E-state index in [9.17, 15) is 12.8 Å². The topological polar surface area (TPSA) is 59.5 Å². The summed E-state index contributed by atoms with van der Waals surface area (Å²) < 4.78 is 44.8. The van der Waals surface area contributed by atoms with Gasteiger partial charge in [0.05, 0.1) is 12.3 Å². The Balaban J connectivity index is 1.62. The molecule has 0 amide bonds. The Kier molecular flexibility index (Phi) is 4.42. The molecule has 8 heteroatoms. The average Bonchev–Trinajstić information content (AvgIpc) is 3.14. The number of benzene rings is 1. The molecule has 0 bridgehead atoms. The van der Waals surface area contributed by atoms with Gasteiger partial charge < -0.3 is 4.74 Å². The molecule has 1 fully saturated rings. The van der Waals surface area contributed by atoms with E-state index >= 15 is 0 Å². The van der Waals surface area contributed by atoms with Crippen LogP contribution in [0.5, 0.6) is 5.19 Å². The number of sulfonamides is 1. The second kappa shape index (κ2) is 6.31. The summed E-state index contributed by atoms with van der Waals surface area (Å²) in [5.41, 5.74) is 0.575. The lowest BCUT2D eigenvalue weighted by Gasteiger charge is -2.16. The molecule has 0 spiro atoms. The first kappa shape index (κ1) is 15.4. The van der Waals surface area contributed by atoms with Crippen molar-refractivity contribution in [3.05, 3.63) is 47.2 Å². The molecule has 118 valence electrons. The fourth-order valence-electron chi connectivity index (χ4n) is 2.34. The van der Waals surface area contributed by atoms with Crippen LogP contribution in [0.2, 0.25) is 0 Å². The highest BCUT2D eigenvalue weighted by atomic mass is 32.2. The van der Waals surface area contributed by atoms with Gasteiger partial charge in [-0.05, 0) is 24.1 Å². The van der Waals surface area contributed by atoms with Gasteiger partial charge in [0.2, 0.25) is 10.0 Å². The summed E-state index contributed by atoms with van der Waals surface area (Å²) in [6.07, 6.45) is 2.12. The molecular weight excluding hydrogens is 327 g/mol. The zero-order valence-electron chi connectivity index (χ0n) is 11.7. The minimum atomic E-state index is -3.42. The molecule has 1 atom stereocenters. The highest BCUT2D eigenvalue weighted by Gasteiger charge is 2.32. The number of nitrogens with zero attached hydrogens (tertiary/aromatic N) is 2. The fraction of sp³-hybridized carbons (Fsp3) is 0.357. The van der Waals surface area contributed by atoms with Gasteiger partial charge in [0.15, 0.2) is 0 Å². The Morgan fingerprint density at radius 3 is 2.82 bits per heavy atom. The number of halogens is 1. The molecule has 1 aromatic heterocycles. The molecule has 22 heavy (non-hydrogen) atoms. The van der Waals surface area contributed by atoms with E-state index in [0.29, 0.717) is 30.3 Å². The van der Waals surface area contributed by atoms with E-state index in [-0.39, 0.29) is 17.7 Å². The zero-order chi connectivity index (χ0) is 15.6. The summed E-state index contributed by atoms with van der Waals surface area (Å²) in [4.78, 5) is 4.04. The van der Waals surface area contributed by atoms with Crippen molar-refractivity contribution in [1.29, 1.82) is 0 Å². The van der Waals surface area contributed by atoms with Crippen LogP contribution in [0.3, 0.4) is 0 Å². The van der Waals surface area contributed by atoms with Gasteiger partial charge in [0.1, 0.15) is 11.9 Å². The second-order valence-electron chi connectivity index (χ2n) is 5.07. The van der Waals surface area contributed by atoms with Gasteiger partial charge in [-0.25, -0.2) is 17.8 Å². The van der Waals surface area contributed by atoms with Gasteiger partial charge in [-0.1, -0.05) is 23.5 Å².